The molecule has 0 aliphatic rings. The van der Waals surface area contributed by atoms with E-state index in [1.165, 1.54) is 18.0 Å². The summed E-state index contributed by atoms with van der Waals surface area (Å²) in [6.07, 6.45) is 4.40. The fraction of sp³-hybridized carbons (Fsp3) is 0.333. The van der Waals surface area contributed by atoms with Crippen molar-refractivity contribution in [1.82, 2.24) is 15.0 Å². The molecule has 2 heterocycles. The molecular formula is C15H17ClN4OS. The molecule has 0 atom stereocenters. The average Bonchev–Trinajstić information content (AvgIpc) is 2.48. The first-order valence-corrected chi connectivity index (χ1v) is 8.39. The summed E-state index contributed by atoms with van der Waals surface area (Å²) in [4.78, 5) is 24.9. The number of carbonyl (C=O) groups is 1. The van der Waals surface area contributed by atoms with Gasteiger partial charge in [-0.05, 0) is 44.2 Å². The van der Waals surface area contributed by atoms with E-state index in [-0.39, 0.29) is 5.91 Å². The molecule has 22 heavy (non-hydrogen) atoms. The monoisotopic (exact) mass is 336 g/mol. The van der Waals surface area contributed by atoms with Crippen molar-refractivity contribution in [3.63, 3.8) is 0 Å². The Morgan fingerprint density at radius 3 is 2.50 bits per heavy atom. The molecule has 2 rings (SSSR count). The van der Waals surface area contributed by atoms with E-state index in [0.29, 0.717) is 23.7 Å². The lowest BCUT2D eigenvalue weighted by Crippen LogP contribution is -2.14. The summed E-state index contributed by atoms with van der Waals surface area (Å²) in [6.45, 7) is 3.89. The molecule has 7 heteroatoms. The van der Waals surface area contributed by atoms with Gasteiger partial charge in [0.25, 0.3) is 0 Å². The van der Waals surface area contributed by atoms with Crippen molar-refractivity contribution in [3.05, 3.63) is 40.3 Å². The zero-order chi connectivity index (χ0) is 16.1. The van der Waals surface area contributed by atoms with Crippen molar-refractivity contribution in [2.45, 2.75) is 31.8 Å². The van der Waals surface area contributed by atoms with E-state index in [2.05, 4.69) is 20.3 Å². The molecular weight excluding hydrogens is 320 g/mol. The number of nitrogens with one attached hydrogen (secondary N) is 1. The minimum Gasteiger partial charge on any atom is -0.311 e. The van der Waals surface area contributed by atoms with E-state index < -0.39 is 0 Å². The summed E-state index contributed by atoms with van der Waals surface area (Å²) >= 11 is 7.27. The number of halogens is 1. The predicted molar refractivity (Wildman–Crippen MR) is 89.5 cm³/mol. The van der Waals surface area contributed by atoms with Crippen LogP contribution in [0.2, 0.25) is 5.02 Å². The second kappa shape index (κ2) is 7.56. The van der Waals surface area contributed by atoms with Crippen LogP contribution in [0, 0.1) is 13.8 Å². The van der Waals surface area contributed by atoms with Crippen molar-refractivity contribution in [2.75, 3.05) is 11.6 Å². The SMILES string of the molecule is CSc1nc(C)c(CCC(=O)Nc2ccc(Cl)cn2)c(C)n1. The predicted octanol–water partition coefficient (Wildman–Crippen LogP) is 3.44. The standard InChI is InChI=1S/C15H17ClN4OS/c1-9-12(10(2)19-15(18-9)22-3)5-7-14(21)20-13-6-4-11(16)8-17-13/h4,6,8H,5,7H2,1-3H3,(H,17,20,21). The summed E-state index contributed by atoms with van der Waals surface area (Å²) in [7, 11) is 0. The van der Waals surface area contributed by atoms with Crippen LogP contribution in [0.15, 0.2) is 23.5 Å². The number of anilines is 1. The molecule has 1 amide bonds. The fourth-order valence-electron chi connectivity index (χ4n) is 2.06. The maximum Gasteiger partial charge on any atom is 0.225 e. The minimum absolute atomic E-state index is 0.0948. The van der Waals surface area contributed by atoms with Crippen LogP contribution in [0.5, 0.6) is 0 Å². The lowest BCUT2D eigenvalue weighted by Gasteiger charge is -2.10. The zero-order valence-electron chi connectivity index (χ0n) is 12.7. The van der Waals surface area contributed by atoms with Gasteiger partial charge in [0.2, 0.25) is 5.91 Å². The lowest BCUT2D eigenvalue weighted by molar-refractivity contribution is -0.116. The van der Waals surface area contributed by atoms with Gasteiger partial charge in [0, 0.05) is 24.0 Å². The summed E-state index contributed by atoms with van der Waals surface area (Å²) in [5, 5.41) is 4.04. The fourth-order valence-corrected chi connectivity index (χ4v) is 2.62. The number of carbonyl (C=O) groups excluding carboxylic acids is 1. The Kier molecular flexibility index (Phi) is 5.74. The third kappa shape index (κ3) is 4.42. The molecule has 1 N–H and O–H groups in total. The van der Waals surface area contributed by atoms with Crippen LogP contribution >= 0.6 is 23.4 Å². The van der Waals surface area contributed by atoms with Crippen LogP contribution in [0.1, 0.15) is 23.4 Å². The van der Waals surface area contributed by atoms with Crippen molar-refractivity contribution < 1.29 is 4.79 Å². The molecule has 0 aliphatic carbocycles. The number of hydrogen-bond acceptors (Lipinski definition) is 5. The Hall–Kier alpha value is -1.66. The van der Waals surface area contributed by atoms with E-state index >= 15 is 0 Å². The van der Waals surface area contributed by atoms with Gasteiger partial charge >= 0.3 is 0 Å². The van der Waals surface area contributed by atoms with Gasteiger partial charge in [-0.15, -0.1) is 0 Å². The number of amides is 1. The van der Waals surface area contributed by atoms with Gasteiger partial charge in [0.05, 0.1) is 5.02 Å². The van der Waals surface area contributed by atoms with Gasteiger partial charge in [0.1, 0.15) is 5.82 Å². The van der Waals surface area contributed by atoms with Gasteiger partial charge in [-0.1, -0.05) is 23.4 Å². The molecule has 2 aromatic rings. The third-order valence-electron chi connectivity index (χ3n) is 3.18. The first-order chi connectivity index (χ1) is 10.5. The maximum atomic E-state index is 12.0. The molecule has 2 aromatic heterocycles. The summed E-state index contributed by atoms with van der Waals surface area (Å²) in [5.41, 5.74) is 2.88. The average molecular weight is 337 g/mol. The molecule has 0 fully saturated rings. The van der Waals surface area contributed by atoms with Gasteiger partial charge in [-0.25, -0.2) is 15.0 Å². The van der Waals surface area contributed by atoms with Crippen molar-refractivity contribution >= 4 is 35.1 Å². The minimum atomic E-state index is -0.0948. The normalized spacial score (nSPS) is 10.5. The Bertz CT molecular complexity index is 653. The number of aryl methyl sites for hydroxylation is 2. The highest BCUT2D eigenvalue weighted by Crippen LogP contribution is 2.17. The van der Waals surface area contributed by atoms with Gasteiger partial charge in [0.15, 0.2) is 5.16 Å². The lowest BCUT2D eigenvalue weighted by atomic mass is 10.1. The highest BCUT2D eigenvalue weighted by atomic mass is 35.5. The van der Waals surface area contributed by atoms with Gasteiger partial charge in [-0.3, -0.25) is 4.79 Å². The zero-order valence-corrected chi connectivity index (χ0v) is 14.3. The Morgan fingerprint density at radius 2 is 1.95 bits per heavy atom. The first-order valence-electron chi connectivity index (χ1n) is 6.79. The second-order valence-corrected chi connectivity index (χ2v) is 5.98. The number of pyridine rings is 1. The van der Waals surface area contributed by atoms with Crippen molar-refractivity contribution in [3.8, 4) is 0 Å². The van der Waals surface area contributed by atoms with Crippen molar-refractivity contribution in [1.29, 1.82) is 0 Å². The molecule has 0 aromatic carbocycles. The molecule has 0 spiro atoms. The molecule has 0 unspecified atom stereocenters. The van der Waals surface area contributed by atoms with Crippen LogP contribution < -0.4 is 5.32 Å². The molecule has 0 bridgehead atoms. The number of thioether (sulfide) groups is 1. The molecule has 116 valence electrons. The Labute approximate surface area is 138 Å². The van der Waals surface area contributed by atoms with Crippen LogP contribution in [0.4, 0.5) is 5.82 Å². The van der Waals surface area contributed by atoms with E-state index in [1.54, 1.807) is 12.1 Å². The largest absolute Gasteiger partial charge is 0.311 e. The highest BCUT2D eigenvalue weighted by Gasteiger charge is 2.11. The second-order valence-electron chi connectivity index (χ2n) is 4.77. The first kappa shape index (κ1) is 16.7. The van der Waals surface area contributed by atoms with E-state index in [9.17, 15) is 4.79 Å². The number of rotatable bonds is 5. The Balaban J connectivity index is 1.98. The van der Waals surface area contributed by atoms with Crippen LogP contribution in [0.25, 0.3) is 0 Å². The third-order valence-corrected chi connectivity index (χ3v) is 3.95. The molecule has 0 aliphatic heterocycles. The summed E-state index contributed by atoms with van der Waals surface area (Å²) in [6, 6.07) is 3.36. The highest BCUT2D eigenvalue weighted by molar-refractivity contribution is 7.98. The topological polar surface area (TPSA) is 67.8 Å². The van der Waals surface area contributed by atoms with Crippen LogP contribution in [0.3, 0.4) is 0 Å². The maximum absolute atomic E-state index is 12.0. The van der Waals surface area contributed by atoms with Crippen LogP contribution in [-0.4, -0.2) is 27.1 Å². The summed E-state index contributed by atoms with van der Waals surface area (Å²) < 4.78 is 0. The molecule has 0 radical (unpaired) electrons. The summed E-state index contributed by atoms with van der Waals surface area (Å²) in [5.74, 6) is 0.402. The smallest absolute Gasteiger partial charge is 0.225 e. The molecule has 0 saturated carbocycles. The van der Waals surface area contributed by atoms with Gasteiger partial charge < -0.3 is 5.32 Å². The van der Waals surface area contributed by atoms with E-state index in [0.717, 1.165) is 22.1 Å². The number of hydrogen-bond donors (Lipinski definition) is 1. The molecule has 5 nitrogen and oxygen atoms in total. The van der Waals surface area contributed by atoms with Crippen molar-refractivity contribution in [2.24, 2.45) is 0 Å². The van der Waals surface area contributed by atoms with Crippen LogP contribution in [-0.2, 0) is 11.2 Å². The molecule has 0 saturated heterocycles. The van der Waals surface area contributed by atoms with E-state index in [4.69, 9.17) is 11.6 Å². The Morgan fingerprint density at radius 1 is 1.27 bits per heavy atom. The quantitative estimate of drug-likeness (QED) is 0.669. The number of aromatic nitrogens is 3. The number of nitrogens with zero attached hydrogens (tertiary/aromatic N) is 3. The van der Waals surface area contributed by atoms with Gasteiger partial charge in [-0.2, -0.15) is 0 Å². The van der Waals surface area contributed by atoms with E-state index in [1.807, 2.05) is 20.1 Å².